The van der Waals surface area contributed by atoms with Crippen LogP contribution in [0.4, 0.5) is 4.39 Å². The average molecular weight is 484 g/mol. The molecule has 1 aromatic carbocycles. The molecule has 1 aromatic heterocycles. The van der Waals surface area contributed by atoms with E-state index in [2.05, 4.69) is 10.2 Å². The lowest BCUT2D eigenvalue weighted by atomic mass is 9.98. The van der Waals surface area contributed by atoms with Gasteiger partial charge in [-0.05, 0) is 41.0 Å². The van der Waals surface area contributed by atoms with Crippen LogP contribution < -0.4 is 0 Å². The van der Waals surface area contributed by atoms with Crippen molar-refractivity contribution in [1.29, 1.82) is 0 Å². The zero-order valence-electron chi connectivity index (χ0n) is 16.4. The molecule has 0 spiro atoms. The number of carbonyl (C=O) groups excluding carboxylic acids is 1. The van der Waals surface area contributed by atoms with E-state index < -0.39 is 23.8 Å². The summed E-state index contributed by atoms with van der Waals surface area (Å²) in [5.41, 5.74) is 0.810. The number of halogens is 2. The zero-order valence-corrected chi connectivity index (χ0v) is 18.8. The number of esters is 1. The Bertz CT molecular complexity index is 977. The molecule has 1 N–H and O–H groups in total. The molecule has 0 bridgehead atoms. The molecular formula is C20H19ClFN3O4S2. The molecule has 1 fully saturated rings. The number of aromatic nitrogens is 2. The van der Waals surface area contributed by atoms with Gasteiger partial charge in [0.2, 0.25) is 0 Å². The van der Waals surface area contributed by atoms with Crippen molar-refractivity contribution < 1.29 is 23.8 Å². The highest BCUT2D eigenvalue weighted by molar-refractivity contribution is 8.77. The lowest BCUT2D eigenvalue weighted by Gasteiger charge is -2.37. The maximum absolute atomic E-state index is 14.4. The van der Waals surface area contributed by atoms with Crippen LogP contribution in [0.5, 0.6) is 0 Å². The van der Waals surface area contributed by atoms with Crippen LogP contribution in [0.1, 0.15) is 18.0 Å². The largest absolute Gasteiger partial charge is 0.478 e. The van der Waals surface area contributed by atoms with E-state index >= 15 is 0 Å². The first kappa shape index (κ1) is 23.5. The third kappa shape index (κ3) is 6.19. The Kier molecular flexibility index (Phi) is 8.30. The second-order valence-electron chi connectivity index (χ2n) is 6.63. The zero-order chi connectivity index (χ0) is 22.4. The molecule has 1 aliphatic heterocycles. The summed E-state index contributed by atoms with van der Waals surface area (Å²) in [6, 6.07) is 8.40. The molecule has 31 heavy (non-hydrogen) atoms. The number of nitrogens with zero attached hydrogens (tertiary/aromatic N) is 3. The smallest absolute Gasteiger partial charge is 0.328 e. The first-order chi connectivity index (χ1) is 14.9. The molecule has 0 amide bonds. The highest BCUT2D eigenvalue weighted by Crippen LogP contribution is 2.41. The Morgan fingerprint density at radius 2 is 2.10 bits per heavy atom. The monoisotopic (exact) mass is 483 g/mol. The van der Waals surface area contributed by atoms with Gasteiger partial charge in [-0.15, -0.1) is 10.2 Å². The maximum Gasteiger partial charge on any atom is 0.328 e. The van der Waals surface area contributed by atoms with Gasteiger partial charge in [-0.2, -0.15) is 0 Å². The summed E-state index contributed by atoms with van der Waals surface area (Å²) in [7, 11) is 4.07. The Labute approximate surface area is 191 Å². The van der Waals surface area contributed by atoms with Crippen LogP contribution in [0.3, 0.4) is 0 Å². The van der Waals surface area contributed by atoms with Crippen molar-refractivity contribution >= 4 is 45.1 Å². The van der Waals surface area contributed by atoms with E-state index in [1.165, 1.54) is 40.8 Å². The summed E-state index contributed by atoms with van der Waals surface area (Å²) in [6.45, 7) is 0.639. The van der Waals surface area contributed by atoms with Crippen molar-refractivity contribution in [2.75, 3.05) is 20.2 Å². The van der Waals surface area contributed by atoms with Gasteiger partial charge in [-0.3, -0.25) is 4.90 Å². The van der Waals surface area contributed by atoms with Crippen molar-refractivity contribution in [2.45, 2.75) is 22.7 Å². The van der Waals surface area contributed by atoms with Crippen molar-refractivity contribution in [3.63, 3.8) is 0 Å². The van der Waals surface area contributed by atoms with Gasteiger partial charge in [0.15, 0.2) is 5.15 Å². The molecule has 3 rings (SSSR count). The van der Waals surface area contributed by atoms with Gasteiger partial charge < -0.3 is 9.84 Å². The number of methoxy groups -OCH3 is 1. The number of likely N-dealkylation sites (tertiary alicyclic amines) is 1. The number of carbonyl (C=O) groups is 2. The number of ether oxygens (including phenoxy) is 1. The fraction of sp³-hybridized carbons (Fsp3) is 0.300. The van der Waals surface area contributed by atoms with Crippen LogP contribution in [-0.4, -0.2) is 57.6 Å². The van der Waals surface area contributed by atoms with Crippen LogP contribution in [0.25, 0.3) is 0 Å². The number of carboxylic acid groups (broad SMARTS) is 1. The highest BCUT2D eigenvalue weighted by Gasteiger charge is 2.36. The third-order valence-corrected chi connectivity index (χ3v) is 7.59. The van der Waals surface area contributed by atoms with Gasteiger partial charge in [0.1, 0.15) is 16.9 Å². The molecule has 0 aliphatic carbocycles. The van der Waals surface area contributed by atoms with E-state index in [-0.39, 0.29) is 22.5 Å². The van der Waals surface area contributed by atoms with Crippen molar-refractivity contribution in [3.05, 3.63) is 64.6 Å². The topological polar surface area (TPSA) is 92.6 Å². The fourth-order valence-corrected chi connectivity index (χ4v) is 5.80. The SMILES string of the molecule is COC(=O)C(c1ccccc1F)N1CCC(SSc2ccc(Cl)nn2)/C(=C\C(=O)O)C1. The van der Waals surface area contributed by atoms with Gasteiger partial charge in [0, 0.05) is 30.0 Å². The minimum atomic E-state index is -1.08. The normalized spacial score (nSPS) is 19.2. The van der Waals surface area contributed by atoms with Crippen LogP contribution in [0.15, 0.2) is 53.1 Å². The molecule has 2 aromatic rings. The van der Waals surface area contributed by atoms with Gasteiger partial charge in [0.25, 0.3) is 0 Å². The minimum Gasteiger partial charge on any atom is -0.478 e. The molecule has 7 nitrogen and oxygen atoms in total. The second-order valence-corrected chi connectivity index (χ2v) is 9.44. The summed E-state index contributed by atoms with van der Waals surface area (Å²) in [5, 5.41) is 17.9. The third-order valence-electron chi connectivity index (χ3n) is 4.63. The van der Waals surface area contributed by atoms with Gasteiger partial charge in [-0.1, -0.05) is 40.6 Å². The van der Waals surface area contributed by atoms with Gasteiger partial charge in [-0.25, -0.2) is 14.0 Å². The number of piperidine rings is 1. The second kappa shape index (κ2) is 10.9. The number of carboxylic acids is 1. The maximum atomic E-state index is 14.4. The highest BCUT2D eigenvalue weighted by atomic mass is 35.5. The van der Waals surface area contributed by atoms with E-state index in [4.69, 9.17) is 16.3 Å². The molecule has 0 radical (unpaired) electrons. The van der Waals surface area contributed by atoms with Crippen LogP contribution >= 0.6 is 33.2 Å². The predicted molar refractivity (Wildman–Crippen MR) is 117 cm³/mol. The first-order valence-electron chi connectivity index (χ1n) is 9.21. The summed E-state index contributed by atoms with van der Waals surface area (Å²) < 4.78 is 19.4. The fourth-order valence-electron chi connectivity index (χ4n) is 3.25. The Balaban J connectivity index is 1.80. The quantitative estimate of drug-likeness (QED) is 0.356. The summed E-state index contributed by atoms with van der Waals surface area (Å²) >= 11 is 5.75. The lowest BCUT2D eigenvalue weighted by Crippen LogP contribution is -2.43. The lowest BCUT2D eigenvalue weighted by molar-refractivity contribution is -0.147. The molecule has 11 heteroatoms. The van der Waals surface area contributed by atoms with E-state index in [1.54, 1.807) is 29.2 Å². The van der Waals surface area contributed by atoms with Crippen molar-refractivity contribution in [3.8, 4) is 0 Å². The number of hydrogen-bond acceptors (Lipinski definition) is 8. The Morgan fingerprint density at radius 3 is 2.74 bits per heavy atom. The number of benzene rings is 1. The first-order valence-corrected chi connectivity index (χ1v) is 11.8. The molecule has 1 aliphatic rings. The molecular weight excluding hydrogens is 465 g/mol. The molecule has 164 valence electrons. The molecule has 2 atom stereocenters. The summed E-state index contributed by atoms with van der Waals surface area (Å²) in [6.07, 6.45) is 1.70. The van der Waals surface area contributed by atoms with Gasteiger partial charge in [0.05, 0.1) is 7.11 Å². The van der Waals surface area contributed by atoms with Crippen molar-refractivity contribution in [2.24, 2.45) is 0 Å². The average Bonchev–Trinajstić information content (AvgIpc) is 2.75. The molecule has 2 heterocycles. The summed E-state index contributed by atoms with van der Waals surface area (Å²) in [5.74, 6) is -2.20. The van der Waals surface area contributed by atoms with Crippen molar-refractivity contribution in [1.82, 2.24) is 15.1 Å². The van der Waals surface area contributed by atoms with E-state index in [1.807, 2.05) is 0 Å². The minimum absolute atomic E-state index is 0.131. The van der Waals surface area contributed by atoms with Crippen LogP contribution in [0, 0.1) is 5.82 Å². The van der Waals surface area contributed by atoms with E-state index in [9.17, 15) is 19.1 Å². The van der Waals surface area contributed by atoms with Crippen LogP contribution in [-0.2, 0) is 14.3 Å². The van der Waals surface area contributed by atoms with Gasteiger partial charge >= 0.3 is 11.9 Å². The number of hydrogen-bond donors (Lipinski definition) is 1. The van der Waals surface area contributed by atoms with E-state index in [0.717, 1.165) is 6.08 Å². The Morgan fingerprint density at radius 1 is 1.32 bits per heavy atom. The van der Waals surface area contributed by atoms with Crippen LogP contribution in [0.2, 0.25) is 5.15 Å². The number of rotatable bonds is 7. The molecule has 1 saturated heterocycles. The van der Waals surface area contributed by atoms with E-state index in [0.29, 0.717) is 23.6 Å². The summed E-state index contributed by atoms with van der Waals surface area (Å²) in [4.78, 5) is 25.7. The molecule has 0 saturated carbocycles. The standard InChI is InChI=1S/C20H19ClFN3O4S2/c1-29-20(28)19(13-4-2-3-5-14(13)22)25-9-8-15(12(11-25)10-18(26)27)30-31-17-7-6-16(21)23-24-17/h2-7,10,15,19H,8-9,11H2,1H3,(H,26,27)/b12-10-. The number of aliphatic carboxylic acids is 1. The molecule has 2 unspecified atom stereocenters. The Hall–Kier alpha value is -2.14. The predicted octanol–water partition coefficient (Wildman–Crippen LogP) is 4.01.